The van der Waals surface area contributed by atoms with Crippen LogP contribution in [0.1, 0.15) is 81.6 Å². The van der Waals surface area contributed by atoms with E-state index < -0.39 is 67.1 Å². The number of carbonyl (C=O) groups excluding carboxylic acids is 2. The van der Waals surface area contributed by atoms with Crippen molar-refractivity contribution in [2.24, 2.45) is 5.92 Å². The van der Waals surface area contributed by atoms with Crippen LogP contribution in [0.3, 0.4) is 0 Å². The van der Waals surface area contributed by atoms with Crippen LogP contribution in [0.4, 0.5) is 0 Å². The van der Waals surface area contributed by atoms with E-state index in [1.54, 1.807) is 0 Å². The molecule has 0 aromatic rings. The summed E-state index contributed by atoms with van der Waals surface area (Å²) in [5.41, 5.74) is 0. The molecule has 14 nitrogen and oxygen atoms in total. The molecule has 0 aromatic carbocycles. The largest absolute Gasteiger partial charge is 0.477 e. The molecule has 6 N–H and O–H groups in total. The number of aliphatic carboxylic acids is 1. The molecule has 0 aliphatic carbocycles. The van der Waals surface area contributed by atoms with Gasteiger partial charge in [-0.05, 0) is 5.92 Å². The van der Waals surface area contributed by atoms with Crippen molar-refractivity contribution in [3.63, 3.8) is 0 Å². The van der Waals surface area contributed by atoms with Gasteiger partial charge in [0.2, 0.25) is 5.91 Å². The standard InChI is InChI=1S/C19H33NO13.C5H12.C3H8.2CH4/c1-29-5-6-31-7-8-32-14(25)4-3-13(24)20-15-11(22)9-19(30-2,18(27)28)33-17(15)16(26)12(23)10-21;1-4-5(2)3;1-3-2;;/h11-12,15-17,21-23,26H,3-10H2,1-2H3,(H,20,24)(H,27,28);5H,4H2,1-3H3;3H2,1-2H3;2*1H4. The molecular formula is C29H61NO13. The van der Waals surface area contributed by atoms with Gasteiger partial charge in [0.05, 0.1) is 45.0 Å². The maximum Gasteiger partial charge on any atom is 0.364 e. The van der Waals surface area contributed by atoms with Crippen LogP contribution < -0.4 is 5.32 Å². The van der Waals surface area contributed by atoms with Crippen LogP contribution in [0.5, 0.6) is 0 Å². The van der Waals surface area contributed by atoms with E-state index in [0.29, 0.717) is 13.2 Å². The number of methoxy groups -OCH3 is 2. The number of hydrogen-bond donors (Lipinski definition) is 6. The number of aliphatic hydroxyl groups is 4. The summed E-state index contributed by atoms with van der Waals surface area (Å²) in [4.78, 5) is 35.7. The van der Waals surface area contributed by atoms with Crippen LogP contribution in [0.25, 0.3) is 0 Å². The van der Waals surface area contributed by atoms with Crippen molar-refractivity contribution in [3.8, 4) is 0 Å². The molecule has 0 saturated carbocycles. The van der Waals surface area contributed by atoms with Gasteiger partial charge in [-0.1, -0.05) is 62.3 Å². The van der Waals surface area contributed by atoms with E-state index >= 15 is 0 Å². The summed E-state index contributed by atoms with van der Waals surface area (Å²) in [5, 5.41) is 51.5. The summed E-state index contributed by atoms with van der Waals surface area (Å²) in [7, 11) is 2.53. The Bertz CT molecular complexity index is 710. The first-order valence-electron chi connectivity index (χ1n) is 13.9. The highest BCUT2D eigenvalue weighted by atomic mass is 16.7. The van der Waals surface area contributed by atoms with Crippen LogP contribution in [0, 0.1) is 5.92 Å². The number of carboxylic acid groups (broad SMARTS) is 1. The SMILES string of the molecule is C.C.CCC.CCC(C)C.COCCOCCOC(=O)CCC(=O)NC1C(O)CC(OC)(C(=O)O)OC1C(O)C(O)CO. The molecule has 1 fully saturated rings. The van der Waals surface area contributed by atoms with Gasteiger partial charge in [-0.3, -0.25) is 9.59 Å². The molecule has 260 valence electrons. The summed E-state index contributed by atoms with van der Waals surface area (Å²) in [5.74, 6) is -4.46. The van der Waals surface area contributed by atoms with E-state index in [-0.39, 0.29) is 40.9 Å². The van der Waals surface area contributed by atoms with Crippen LogP contribution in [-0.2, 0) is 38.1 Å². The molecule has 1 aliphatic heterocycles. The van der Waals surface area contributed by atoms with E-state index in [9.17, 15) is 34.8 Å². The Morgan fingerprint density at radius 3 is 1.98 bits per heavy atom. The normalized spacial score (nSPS) is 22.2. The lowest BCUT2D eigenvalue weighted by molar-refractivity contribution is -0.303. The average molecular weight is 632 g/mol. The zero-order valence-electron chi connectivity index (χ0n) is 25.5. The molecule has 14 heteroatoms. The smallest absolute Gasteiger partial charge is 0.364 e. The molecule has 1 heterocycles. The van der Waals surface area contributed by atoms with Gasteiger partial charge in [0, 0.05) is 27.1 Å². The highest BCUT2D eigenvalue weighted by molar-refractivity contribution is 5.81. The Hall–Kier alpha value is -1.91. The Labute approximate surface area is 258 Å². The minimum absolute atomic E-state index is 0. The summed E-state index contributed by atoms with van der Waals surface area (Å²) in [6.07, 6.45) is -5.56. The number of nitrogens with one attached hydrogen (secondary N) is 1. The number of amides is 1. The number of aliphatic hydroxyl groups excluding tert-OH is 4. The summed E-state index contributed by atoms with van der Waals surface area (Å²) >= 11 is 0. The predicted molar refractivity (Wildman–Crippen MR) is 161 cm³/mol. The molecule has 0 aromatic heterocycles. The molecule has 6 atom stereocenters. The van der Waals surface area contributed by atoms with Gasteiger partial charge in [-0.15, -0.1) is 0 Å². The lowest BCUT2D eigenvalue weighted by Crippen LogP contribution is -2.67. The van der Waals surface area contributed by atoms with Crippen molar-refractivity contribution in [2.75, 3.05) is 47.3 Å². The average Bonchev–Trinajstić information content (AvgIpc) is 2.94. The van der Waals surface area contributed by atoms with Crippen LogP contribution in [0.15, 0.2) is 0 Å². The quantitative estimate of drug-likeness (QED) is 0.105. The Morgan fingerprint density at radius 1 is 1.00 bits per heavy atom. The maximum absolute atomic E-state index is 12.3. The van der Waals surface area contributed by atoms with Crippen molar-refractivity contribution in [3.05, 3.63) is 0 Å². The first-order valence-corrected chi connectivity index (χ1v) is 13.9. The van der Waals surface area contributed by atoms with Gasteiger partial charge in [0.15, 0.2) is 0 Å². The zero-order chi connectivity index (χ0) is 32.0. The number of esters is 1. The second-order valence-corrected chi connectivity index (χ2v) is 9.78. The second-order valence-electron chi connectivity index (χ2n) is 9.78. The van der Waals surface area contributed by atoms with Crippen LogP contribution in [0.2, 0.25) is 0 Å². The van der Waals surface area contributed by atoms with Gasteiger partial charge in [-0.2, -0.15) is 0 Å². The highest BCUT2D eigenvalue weighted by Gasteiger charge is 2.55. The fraction of sp³-hybridized carbons (Fsp3) is 0.897. The van der Waals surface area contributed by atoms with Crippen molar-refractivity contribution in [1.29, 1.82) is 0 Å². The first-order chi connectivity index (χ1) is 19.3. The van der Waals surface area contributed by atoms with E-state index in [0.717, 1.165) is 13.0 Å². The minimum Gasteiger partial charge on any atom is -0.477 e. The van der Waals surface area contributed by atoms with Crippen LogP contribution in [-0.4, -0.2) is 127 Å². The van der Waals surface area contributed by atoms with Crippen molar-refractivity contribution >= 4 is 17.8 Å². The topological polar surface area (TPSA) is 211 Å². The lowest BCUT2D eigenvalue weighted by Gasteiger charge is -2.46. The van der Waals surface area contributed by atoms with E-state index in [2.05, 4.69) is 39.9 Å². The maximum atomic E-state index is 12.3. The number of rotatable bonds is 16. The first kappa shape index (κ1) is 48.0. The molecule has 0 radical (unpaired) electrons. The fourth-order valence-corrected chi connectivity index (χ4v) is 3.11. The molecular weight excluding hydrogens is 570 g/mol. The van der Waals surface area contributed by atoms with Crippen LogP contribution >= 0.6 is 0 Å². The minimum atomic E-state index is -2.35. The molecule has 0 spiro atoms. The Kier molecular flexibility index (Phi) is 30.8. The predicted octanol–water partition coefficient (Wildman–Crippen LogP) is 1.49. The van der Waals surface area contributed by atoms with Crippen molar-refractivity contribution < 1.29 is 63.6 Å². The molecule has 43 heavy (non-hydrogen) atoms. The molecule has 1 rings (SSSR count). The molecule has 6 unspecified atom stereocenters. The van der Waals surface area contributed by atoms with Gasteiger partial charge >= 0.3 is 11.9 Å². The zero-order valence-corrected chi connectivity index (χ0v) is 25.5. The van der Waals surface area contributed by atoms with Gasteiger partial charge in [0.1, 0.15) is 24.9 Å². The lowest BCUT2D eigenvalue weighted by atomic mass is 9.88. The Morgan fingerprint density at radius 2 is 1.53 bits per heavy atom. The molecule has 1 saturated heterocycles. The number of carbonyl (C=O) groups is 3. The molecule has 1 aliphatic rings. The highest BCUT2D eigenvalue weighted by Crippen LogP contribution is 2.33. The number of carboxylic acids is 1. The summed E-state index contributed by atoms with van der Waals surface area (Å²) < 4.78 is 25.1. The third-order valence-electron chi connectivity index (χ3n) is 5.77. The summed E-state index contributed by atoms with van der Waals surface area (Å²) in [6, 6.07) is -1.37. The fourth-order valence-electron chi connectivity index (χ4n) is 3.11. The Balaban J connectivity index is -0.000000674. The van der Waals surface area contributed by atoms with E-state index in [1.807, 2.05) is 0 Å². The number of ether oxygens (including phenoxy) is 5. The third kappa shape index (κ3) is 19.9. The van der Waals surface area contributed by atoms with E-state index in [4.69, 9.17) is 28.8 Å². The monoisotopic (exact) mass is 631 g/mol. The number of hydrogen-bond acceptors (Lipinski definition) is 12. The van der Waals surface area contributed by atoms with Gasteiger partial charge in [-0.25, -0.2) is 4.79 Å². The van der Waals surface area contributed by atoms with Crippen molar-refractivity contribution in [2.45, 2.75) is 118 Å². The van der Waals surface area contributed by atoms with E-state index in [1.165, 1.54) is 20.0 Å². The van der Waals surface area contributed by atoms with Crippen molar-refractivity contribution in [1.82, 2.24) is 5.32 Å². The molecule has 1 amide bonds. The second kappa shape index (κ2) is 27.6. The third-order valence-corrected chi connectivity index (χ3v) is 5.77. The molecule has 0 bridgehead atoms. The van der Waals surface area contributed by atoms with Gasteiger partial charge < -0.3 is 54.5 Å². The van der Waals surface area contributed by atoms with Gasteiger partial charge in [0.25, 0.3) is 5.79 Å². The summed E-state index contributed by atoms with van der Waals surface area (Å²) in [6.45, 7) is 10.9.